The van der Waals surface area contributed by atoms with E-state index in [9.17, 15) is 13.2 Å². The average Bonchev–Trinajstić information content (AvgIpc) is 2.53. The van der Waals surface area contributed by atoms with E-state index in [1.807, 2.05) is 0 Å². The van der Waals surface area contributed by atoms with Crippen LogP contribution in [0.2, 0.25) is 0 Å². The van der Waals surface area contributed by atoms with Crippen LogP contribution in [0, 0.1) is 0 Å². The van der Waals surface area contributed by atoms with Gasteiger partial charge in [0.25, 0.3) is 0 Å². The molecule has 0 radical (unpaired) electrons. The first-order valence-electron chi connectivity index (χ1n) is 8.22. The number of piperidine rings is 1. The van der Waals surface area contributed by atoms with Crippen LogP contribution in [-0.2, 0) is 14.8 Å². The van der Waals surface area contributed by atoms with Crippen LogP contribution in [0.4, 0.5) is 5.69 Å². The maximum absolute atomic E-state index is 12.7. The predicted octanol–water partition coefficient (Wildman–Crippen LogP) is 3.33. The van der Waals surface area contributed by atoms with Gasteiger partial charge in [0.05, 0.1) is 10.6 Å². The maximum Gasteiger partial charge on any atom is 0.243 e. The van der Waals surface area contributed by atoms with E-state index >= 15 is 0 Å². The molecule has 5 nitrogen and oxygen atoms in total. The Morgan fingerprint density at radius 2 is 1.88 bits per heavy atom. The van der Waals surface area contributed by atoms with E-state index in [1.54, 1.807) is 36.0 Å². The molecular formula is C17H26N2O3S2. The zero-order chi connectivity index (χ0) is 17.8. The fraction of sp³-hybridized carbons (Fsp3) is 0.588. The van der Waals surface area contributed by atoms with Gasteiger partial charge in [-0.3, -0.25) is 4.79 Å². The van der Waals surface area contributed by atoms with Crippen molar-refractivity contribution in [3.05, 3.63) is 24.3 Å². The summed E-state index contributed by atoms with van der Waals surface area (Å²) in [6.07, 6.45) is 2.88. The lowest BCUT2D eigenvalue weighted by Crippen LogP contribution is -2.35. The van der Waals surface area contributed by atoms with Gasteiger partial charge in [0.2, 0.25) is 15.9 Å². The molecule has 0 unspecified atom stereocenters. The number of anilines is 1. The fourth-order valence-electron chi connectivity index (χ4n) is 2.47. The normalized spacial score (nSPS) is 16.8. The van der Waals surface area contributed by atoms with E-state index in [4.69, 9.17) is 0 Å². The number of hydrogen-bond acceptors (Lipinski definition) is 4. The van der Waals surface area contributed by atoms with Crippen molar-refractivity contribution in [2.45, 2.75) is 49.7 Å². The molecule has 0 spiro atoms. The third-order valence-corrected chi connectivity index (χ3v) is 6.87. The number of carbonyl (C=O) groups excluding carboxylic acids is 1. The summed E-state index contributed by atoms with van der Waals surface area (Å²) in [5, 5.41) is 2.79. The summed E-state index contributed by atoms with van der Waals surface area (Å²) in [7, 11) is -3.48. The second-order valence-corrected chi connectivity index (χ2v) is 10.7. The highest BCUT2D eigenvalue weighted by molar-refractivity contribution is 8.01. The lowest BCUT2D eigenvalue weighted by molar-refractivity contribution is -0.113. The van der Waals surface area contributed by atoms with Gasteiger partial charge in [-0.05, 0) is 31.0 Å². The van der Waals surface area contributed by atoms with Gasteiger partial charge in [0.1, 0.15) is 0 Å². The largest absolute Gasteiger partial charge is 0.325 e. The number of carbonyl (C=O) groups is 1. The standard InChI is InChI=1S/C17H26N2O3S2/c1-17(2,3)23-13-16(20)18-14-8-7-9-15(12-14)24(21,22)19-10-5-4-6-11-19/h7-9,12H,4-6,10-11,13H2,1-3H3,(H,18,20). The zero-order valence-electron chi connectivity index (χ0n) is 14.5. The van der Waals surface area contributed by atoms with Crippen LogP contribution in [0.1, 0.15) is 40.0 Å². The molecule has 2 rings (SSSR count). The van der Waals surface area contributed by atoms with Crippen LogP contribution in [0.15, 0.2) is 29.2 Å². The third-order valence-electron chi connectivity index (χ3n) is 3.71. The summed E-state index contributed by atoms with van der Waals surface area (Å²) in [5.74, 6) is 0.217. The van der Waals surface area contributed by atoms with Gasteiger partial charge >= 0.3 is 0 Å². The Kier molecular flexibility index (Phi) is 6.33. The zero-order valence-corrected chi connectivity index (χ0v) is 16.2. The first-order chi connectivity index (χ1) is 11.2. The minimum atomic E-state index is -3.48. The number of hydrogen-bond donors (Lipinski definition) is 1. The predicted molar refractivity (Wildman–Crippen MR) is 99.9 cm³/mol. The smallest absolute Gasteiger partial charge is 0.243 e. The van der Waals surface area contributed by atoms with Crippen LogP contribution < -0.4 is 5.32 Å². The average molecular weight is 371 g/mol. The summed E-state index contributed by atoms with van der Waals surface area (Å²) >= 11 is 1.55. The number of nitrogens with one attached hydrogen (secondary N) is 1. The molecule has 1 aliphatic rings. The van der Waals surface area contributed by atoms with Crippen LogP contribution >= 0.6 is 11.8 Å². The van der Waals surface area contributed by atoms with Crippen LogP contribution in [0.3, 0.4) is 0 Å². The molecule has 0 aromatic heterocycles. The number of amides is 1. The molecule has 24 heavy (non-hydrogen) atoms. The van der Waals surface area contributed by atoms with Crippen molar-refractivity contribution in [3.63, 3.8) is 0 Å². The summed E-state index contributed by atoms with van der Waals surface area (Å²) in [6, 6.07) is 6.52. The summed E-state index contributed by atoms with van der Waals surface area (Å²) in [4.78, 5) is 12.3. The van der Waals surface area contributed by atoms with Gasteiger partial charge < -0.3 is 5.32 Å². The first kappa shape index (κ1) is 19.3. The number of sulfonamides is 1. The Hall–Kier alpha value is -1.05. The van der Waals surface area contributed by atoms with Gasteiger partial charge in [-0.15, -0.1) is 11.8 Å². The Balaban J connectivity index is 2.07. The molecule has 1 N–H and O–H groups in total. The minimum absolute atomic E-state index is 0.0107. The van der Waals surface area contributed by atoms with Gasteiger partial charge in [0.15, 0.2) is 0 Å². The van der Waals surface area contributed by atoms with E-state index < -0.39 is 10.0 Å². The molecule has 134 valence electrons. The van der Waals surface area contributed by atoms with E-state index in [2.05, 4.69) is 26.1 Å². The molecule has 1 amide bonds. The van der Waals surface area contributed by atoms with Crippen molar-refractivity contribution in [3.8, 4) is 0 Å². The van der Waals surface area contributed by atoms with Crippen molar-refractivity contribution in [1.82, 2.24) is 4.31 Å². The van der Waals surface area contributed by atoms with E-state index in [-0.39, 0.29) is 15.5 Å². The van der Waals surface area contributed by atoms with Gasteiger partial charge in [-0.2, -0.15) is 4.31 Å². The van der Waals surface area contributed by atoms with Crippen molar-refractivity contribution in [2.75, 3.05) is 24.2 Å². The summed E-state index contributed by atoms with van der Waals surface area (Å²) in [6.45, 7) is 7.30. The molecule has 1 aliphatic heterocycles. The second kappa shape index (κ2) is 7.89. The van der Waals surface area contributed by atoms with Crippen molar-refractivity contribution < 1.29 is 13.2 Å². The van der Waals surface area contributed by atoms with Crippen molar-refractivity contribution in [1.29, 1.82) is 0 Å². The van der Waals surface area contributed by atoms with Crippen LogP contribution in [0.25, 0.3) is 0 Å². The Bertz CT molecular complexity index is 675. The van der Waals surface area contributed by atoms with Crippen LogP contribution in [-0.4, -0.2) is 42.2 Å². The lowest BCUT2D eigenvalue weighted by atomic mass is 10.2. The molecule has 1 heterocycles. The maximum atomic E-state index is 12.7. The molecule has 0 saturated carbocycles. The highest BCUT2D eigenvalue weighted by Crippen LogP contribution is 2.25. The van der Waals surface area contributed by atoms with Gasteiger partial charge in [-0.1, -0.05) is 33.3 Å². The molecular weight excluding hydrogens is 344 g/mol. The Morgan fingerprint density at radius 3 is 2.50 bits per heavy atom. The number of nitrogens with zero attached hydrogens (tertiary/aromatic N) is 1. The number of rotatable bonds is 5. The summed E-state index contributed by atoms with van der Waals surface area (Å²) < 4.78 is 26.9. The number of thioether (sulfide) groups is 1. The SMILES string of the molecule is CC(C)(C)SCC(=O)Nc1cccc(S(=O)(=O)N2CCCCC2)c1. The highest BCUT2D eigenvalue weighted by Gasteiger charge is 2.26. The number of benzene rings is 1. The highest BCUT2D eigenvalue weighted by atomic mass is 32.2. The molecule has 1 fully saturated rings. The molecule has 1 saturated heterocycles. The molecule has 7 heteroatoms. The third kappa shape index (κ3) is 5.50. The minimum Gasteiger partial charge on any atom is -0.325 e. The quantitative estimate of drug-likeness (QED) is 0.863. The topological polar surface area (TPSA) is 66.5 Å². The van der Waals surface area contributed by atoms with Crippen molar-refractivity contribution in [2.24, 2.45) is 0 Å². The monoisotopic (exact) mass is 370 g/mol. The molecule has 0 atom stereocenters. The van der Waals surface area contributed by atoms with E-state index in [0.29, 0.717) is 24.5 Å². The van der Waals surface area contributed by atoms with Gasteiger partial charge in [0, 0.05) is 23.5 Å². The van der Waals surface area contributed by atoms with E-state index in [0.717, 1.165) is 19.3 Å². The molecule has 0 bridgehead atoms. The van der Waals surface area contributed by atoms with Crippen molar-refractivity contribution >= 4 is 33.4 Å². The molecule has 0 aliphatic carbocycles. The van der Waals surface area contributed by atoms with Gasteiger partial charge in [-0.25, -0.2) is 8.42 Å². The first-order valence-corrected chi connectivity index (χ1v) is 10.6. The Morgan fingerprint density at radius 1 is 1.21 bits per heavy atom. The lowest BCUT2D eigenvalue weighted by Gasteiger charge is -2.26. The van der Waals surface area contributed by atoms with Crippen LogP contribution in [0.5, 0.6) is 0 Å². The van der Waals surface area contributed by atoms with E-state index in [1.165, 1.54) is 4.31 Å². The summed E-state index contributed by atoms with van der Waals surface area (Å²) in [5.41, 5.74) is 0.521. The molecule has 1 aromatic rings. The molecule has 1 aromatic carbocycles. The fourth-order valence-corrected chi connectivity index (χ4v) is 4.67. The Labute approximate surface area is 149 Å². The second-order valence-electron chi connectivity index (χ2n) is 6.94.